The molecule has 0 saturated carbocycles. The van der Waals surface area contributed by atoms with Gasteiger partial charge in [-0.2, -0.15) is 5.10 Å². The van der Waals surface area contributed by atoms with Gasteiger partial charge in [0, 0.05) is 10.0 Å². The molecule has 0 fully saturated rings. The van der Waals surface area contributed by atoms with Crippen molar-refractivity contribution in [3.63, 3.8) is 0 Å². The Bertz CT molecular complexity index is 664. The highest BCUT2D eigenvalue weighted by Crippen LogP contribution is 2.28. The fraction of sp³-hybridized carbons (Fsp3) is 0.0625. The Balaban J connectivity index is 2.04. The molecule has 2 N–H and O–H groups in total. The number of anilines is 1. The van der Waals surface area contributed by atoms with Crippen LogP contribution in [0.3, 0.4) is 0 Å². The van der Waals surface area contributed by atoms with Crippen LogP contribution in [0.4, 0.5) is 5.82 Å². The van der Waals surface area contributed by atoms with Crippen LogP contribution in [0.25, 0.3) is 16.8 Å². The zero-order chi connectivity index (χ0) is 14.1. The predicted octanol–water partition coefficient (Wildman–Crippen LogP) is 4.19. The summed E-state index contributed by atoms with van der Waals surface area (Å²) >= 11 is 3.43. The molecule has 1 heterocycles. The minimum atomic E-state index is 0.649. The number of benzene rings is 2. The Morgan fingerprint density at radius 1 is 1.00 bits per heavy atom. The van der Waals surface area contributed by atoms with Crippen molar-refractivity contribution in [1.82, 2.24) is 9.78 Å². The smallest absolute Gasteiger partial charge is 0.135 e. The van der Waals surface area contributed by atoms with E-state index < -0.39 is 0 Å². The topological polar surface area (TPSA) is 43.8 Å². The minimum absolute atomic E-state index is 0.649. The number of hydrogen-bond donors (Lipinski definition) is 1. The second-order valence-electron chi connectivity index (χ2n) is 4.70. The molecule has 0 amide bonds. The lowest BCUT2D eigenvalue weighted by Crippen LogP contribution is -2.02. The summed E-state index contributed by atoms with van der Waals surface area (Å²) in [6, 6.07) is 16.2. The molecule has 0 spiro atoms. The van der Waals surface area contributed by atoms with Crippen LogP contribution in [-0.2, 0) is 0 Å². The normalized spacial score (nSPS) is 10.7. The molecule has 0 aliphatic carbocycles. The van der Waals surface area contributed by atoms with Gasteiger partial charge >= 0.3 is 0 Å². The van der Waals surface area contributed by atoms with Crippen LogP contribution in [0.2, 0.25) is 0 Å². The van der Waals surface area contributed by atoms with Gasteiger partial charge in [-0.15, -0.1) is 0 Å². The average Bonchev–Trinajstić information content (AvgIpc) is 2.83. The number of aromatic nitrogens is 2. The zero-order valence-electron chi connectivity index (χ0n) is 11.0. The van der Waals surface area contributed by atoms with E-state index in [1.54, 1.807) is 10.9 Å². The molecule has 3 nitrogen and oxygen atoms in total. The molecule has 0 aliphatic heterocycles. The number of nitrogens with two attached hydrogens (primary N) is 1. The third-order valence-corrected chi connectivity index (χ3v) is 3.77. The number of aryl methyl sites for hydroxylation is 1. The zero-order valence-corrected chi connectivity index (χ0v) is 12.6. The third-order valence-electron chi connectivity index (χ3n) is 3.24. The van der Waals surface area contributed by atoms with Crippen LogP contribution >= 0.6 is 15.9 Å². The van der Waals surface area contributed by atoms with Gasteiger partial charge in [0.1, 0.15) is 5.82 Å². The van der Waals surface area contributed by atoms with E-state index >= 15 is 0 Å². The lowest BCUT2D eigenvalue weighted by molar-refractivity contribution is 0.891. The Morgan fingerprint density at radius 3 is 2.30 bits per heavy atom. The highest BCUT2D eigenvalue weighted by molar-refractivity contribution is 9.10. The molecule has 0 aliphatic rings. The summed E-state index contributed by atoms with van der Waals surface area (Å²) in [4.78, 5) is 0. The van der Waals surface area contributed by atoms with Gasteiger partial charge in [0.15, 0.2) is 0 Å². The first-order valence-electron chi connectivity index (χ1n) is 6.31. The Hall–Kier alpha value is -2.07. The van der Waals surface area contributed by atoms with Crippen molar-refractivity contribution < 1.29 is 0 Å². The molecule has 0 bridgehead atoms. The second-order valence-corrected chi connectivity index (χ2v) is 5.61. The van der Waals surface area contributed by atoms with Crippen molar-refractivity contribution >= 4 is 21.7 Å². The van der Waals surface area contributed by atoms with Crippen LogP contribution in [0, 0.1) is 6.92 Å². The molecular formula is C16H14BrN3. The summed E-state index contributed by atoms with van der Waals surface area (Å²) in [5.41, 5.74) is 10.4. The number of nitrogen functional groups attached to an aromatic ring is 1. The maximum absolute atomic E-state index is 6.23. The van der Waals surface area contributed by atoms with Crippen LogP contribution in [0.1, 0.15) is 5.56 Å². The van der Waals surface area contributed by atoms with E-state index in [4.69, 9.17) is 5.73 Å². The standard InChI is InChI=1S/C16H14BrN3/c1-11-2-8-14(9-3-11)20-16(18)15(10-19-20)12-4-6-13(17)7-5-12/h2-10H,18H2,1H3. The maximum Gasteiger partial charge on any atom is 0.135 e. The van der Waals surface area contributed by atoms with Crippen molar-refractivity contribution in [3.05, 3.63) is 64.8 Å². The lowest BCUT2D eigenvalue weighted by atomic mass is 10.1. The molecule has 0 atom stereocenters. The summed E-state index contributed by atoms with van der Waals surface area (Å²) in [5, 5.41) is 4.39. The Kier molecular flexibility index (Phi) is 3.32. The quantitative estimate of drug-likeness (QED) is 0.766. The number of hydrogen-bond acceptors (Lipinski definition) is 2. The molecule has 100 valence electrons. The summed E-state index contributed by atoms with van der Waals surface area (Å²) < 4.78 is 2.81. The van der Waals surface area contributed by atoms with Crippen molar-refractivity contribution in [3.8, 4) is 16.8 Å². The van der Waals surface area contributed by atoms with E-state index in [0.717, 1.165) is 21.3 Å². The summed E-state index contributed by atoms with van der Waals surface area (Å²) in [5.74, 6) is 0.649. The van der Waals surface area contributed by atoms with Gasteiger partial charge < -0.3 is 5.73 Å². The third kappa shape index (κ3) is 2.34. The van der Waals surface area contributed by atoms with Crippen molar-refractivity contribution in [2.24, 2.45) is 0 Å². The summed E-state index contributed by atoms with van der Waals surface area (Å²) in [6.45, 7) is 2.06. The molecule has 0 saturated heterocycles. The molecule has 1 aromatic heterocycles. The van der Waals surface area contributed by atoms with E-state index in [1.165, 1.54) is 5.56 Å². The second kappa shape index (κ2) is 5.13. The molecule has 3 rings (SSSR count). The summed E-state index contributed by atoms with van der Waals surface area (Å²) in [7, 11) is 0. The van der Waals surface area contributed by atoms with E-state index in [9.17, 15) is 0 Å². The molecule has 3 aromatic rings. The highest BCUT2D eigenvalue weighted by atomic mass is 79.9. The van der Waals surface area contributed by atoms with Crippen molar-refractivity contribution in [2.45, 2.75) is 6.92 Å². The first-order valence-corrected chi connectivity index (χ1v) is 7.11. The minimum Gasteiger partial charge on any atom is -0.383 e. The Labute approximate surface area is 126 Å². The van der Waals surface area contributed by atoms with Crippen LogP contribution in [0.5, 0.6) is 0 Å². The largest absolute Gasteiger partial charge is 0.383 e. The number of halogens is 1. The predicted molar refractivity (Wildman–Crippen MR) is 85.8 cm³/mol. The highest BCUT2D eigenvalue weighted by Gasteiger charge is 2.10. The van der Waals surface area contributed by atoms with Gasteiger partial charge in [-0.05, 0) is 36.8 Å². The van der Waals surface area contributed by atoms with E-state index in [0.29, 0.717) is 5.82 Å². The van der Waals surface area contributed by atoms with Crippen LogP contribution in [0.15, 0.2) is 59.2 Å². The van der Waals surface area contributed by atoms with E-state index in [1.807, 2.05) is 36.4 Å². The number of nitrogens with zero attached hydrogens (tertiary/aromatic N) is 2. The molecule has 2 aromatic carbocycles. The first kappa shape index (κ1) is 12.9. The summed E-state index contributed by atoms with van der Waals surface area (Å²) in [6.07, 6.45) is 1.80. The molecule has 4 heteroatoms. The average molecular weight is 328 g/mol. The van der Waals surface area contributed by atoms with Crippen molar-refractivity contribution in [1.29, 1.82) is 0 Å². The van der Waals surface area contributed by atoms with Gasteiger partial charge in [-0.3, -0.25) is 0 Å². The van der Waals surface area contributed by atoms with Gasteiger partial charge in [-0.1, -0.05) is 45.8 Å². The maximum atomic E-state index is 6.23. The fourth-order valence-corrected chi connectivity index (χ4v) is 2.37. The molecular weight excluding hydrogens is 314 g/mol. The van der Waals surface area contributed by atoms with E-state index in [2.05, 4.69) is 40.1 Å². The molecule has 20 heavy (non-hydrogen) atoms. The van der Waals surface area contributed by atoms with Crippen LogP contribution < -0.4 is 5.73 Å². The van der Waals surface area contributed by atoms with Crippen molar-refractivity contribution in [2.75, 3.05) is 5.73 Å². The first-order chi connectivity index (χ1) is 9.65. The number of rotatable bonds is 2. The Morgan fingerprint density at radius 2 is 1.65 bits per heavy atom. The monoisotopic (exact) mass is 327 g/mol. The molecule has 0 unspecified atom stereocenters. The van der Waals surface area contributed by atoms with Crippen LogP contribution in [-0.4, -0.2) is 9.78 Å². The van der Waals surface area contributed by atoms with Gasteiger partial charge in [0.2, 0.25) is 0 Å². The van der Waals surface area contributed by atoms with Gasteiger partial charge in [0.25, 0.3) is 0 Å². The molecule has 0 radical (unpaired) electrons. The lowest BCUT2D eigenvalue weighted by Gasteiger charge is -2.06. The fourth-order valence-electron chi connectivity index (χ4n) is 2.10. The van der Waals surface area contributed by atoms with E-state index in [-0.39, 0.29) is 0 Å². The van der Waals surface area contributed by atoms with Gasteiger partial charge in [0.05, 0.1) is 11.9 Å². The van der Waals surface area contributed by atoms with Gasteiger partial charge in [-0.25, -0.2) is 4.68 Å². The SMILES string of the molecule is Cc1ccc(-n2ncc(-c3ccc(Br)cc3)c2N)cc1.